The lowest BCUT2D eigenvalue weighted by Gasteiger charge is -2.13. The van der Waals surface area contributed by atoms with Gasteiger partial charge in [-0.2, -0.15) is 15.2 Å². The molecule has 1 amide bonds. The van der Waals surface area contributed by atoms with Crippen LogP contribution in [-0.4, -0.2) is 33.3 Å². The molecule has 6 rings (SSSR count). The lowest BCUT2D eigenvalue weighted by atomic mass is 10.0. The van der Waals surface area contributed by atoms with Crippen LogP contribution in [0.25, 0.3) is 23.0 Å². The molecule has 2 heterocycles. The maximum Gasteiger partial charge on any atom is 0.280 e. The van der Waals surface area contributed by atoms with Crippen molar-refractivity contribution in [1.82, 2.24) is 9.78 Å². The van der Waals surface area contributed by atoms with Gasteiger partial charge in [-0.25, -0.2) is 4.68 Å². The molecular formula is C37H34N4O2S. The zero-order chi connectivity index (χ0) is 30.6. The zero-order valence-corrected chi connectivity index (χ0v) is 26.1. The first-order valence-corrected chi connectivity index (χ1v) is 15.7. The summed E-state index contributed by atoms with van der Waals surface area (Å²) in [6, 6.07) is 34.1. The Bertz CT molecular complexity index is 1840. The van der Waals surface area contributed by atoms with Crippen molar-refractivity contribution in [1.29, 1.82) is 0 Å². The quantitative estimate of drug-likeness (QED) is 0.126. The highest BCUT2D eigenvalue weighted by Crippen LogP contribution is 2.33. The number of thioether (sulfide) groups is 1. The average molecular weight is 599 g/mol. The summed E-state index contributed by atoms with van der Waals surface area (Å²) in [6.45, 7) is 8.16. The van der Waals surface area contributed by atoms with Crippen molar-refractivity contribution in [2.75, 3.05) is 10.8 Å². The first-order valence-electron chi connectivity index (χ1n) is 14.7. The number of amides is 1. The number of nitrogens with zero attached hydrogens (tertiary/aromatic N) is 4. The van der Waals surface area contributed by atoms with Gasteiger partial charge in [0.05, 0.1) is 34.5 Å². The Balaban J connectivity index is 1.43. The van der Waals surface area contributed by atoms with Crippen molar-refractivity contribution in [2.45, 2.75) is 38.7 Å². The van der Waals surface area contributed by atoms with Crippen LogP contribution in [-0.2, 0) is 4.79 Å². The van der Waals surface area contributed by atoms with E-state index >= 15 is 0 Å². The van der Waals surface area contributed by atoms with Gasteiger partial charge in [0.1, 0.15) is 5.75 Å². The van der Waals surface area contributed by atoms with Crippen LogP contribution in [0.1, 0.15) is 30.5 Å². The van der Waals surface area contributed by atoms with Gasteiger partial charge in [-0.05, 0) is 93.9 Å². The van der Waals surface area contributed by atoms with Gasteiger partial charge in [0, 0.05) is 28.0 Å². The number of aryl methyl sites for hydroxylation is 2. The number of aromatic nitrogens is 2. The molecule has 0 radical (unpaired) electrons. The first kappa shape index (κ1) is 29.2. The van der Waals surface area contributed by atoms with E-state index in [9.17, 15) is 4.79 Å². The number of carbonyl (C=O) groups excluding carboxylic acids is 1. The minimum atomic E-state index is -0.161. The number of para-hydroxylation sites is 2. The van der Waals surface area contributed by atoms with Gasteiger partial charge in [-0.15, -0.1) is 11.8 Å². The van der Waals surface area contributed by atoms with E-state index in [0.717, 1.165) is 50.1 Å². The second-order valence-electron chi connectivity index (χ2n) is 11.0. The lowest BCUT2D eigenvalue weighted by molar-refractivity contribution is -0.114. The average Bonchev–Trinajstić information content (AvgIpc) is 3.60. The predicted molar refractivity (Wildman–Crippen MR) is 181 cm³/mol. The van der Waals surface area contributed by atoms with Gasteiger partial charge in [0.15, 0.2) is 0 Å². The van der Waals surface area contributed by atoms with E-state index < -0.39 is 0 Å². The summed E-state index contributed by atoms with van der Waals surface area (Å²) in [5.74, 6) is 1.23. The third-order valence-corrected chi connectivity index (χ3v) is 8.25. The van der Waals surface area contributed by atoms with Crippen molar-refractivity contribution in [3.05, 3.63) is 132 Å². The molecule has 0 bridgehead atoms. The van der Waals surface area contributed by atoms with E-state index in [1.54, 1.807) is 11.8 Å². The molecular weight excluding hydrogens is 565 g/mol. The van der Waals surface area contributed by atoms with E-state index in [0.29, 0.717) is 11.3 Å². The third kappa shape index (κ3) is 6.38. The van der Waals surface area contributed by atoms with Crippen LogP contribution in [0.4, 0.5) is 5.69 Å². The van der Waals surface area contributed by atoms with E-state index in [4.69, 9.17) is 14.9 Å². The molecule has 0 N–H and O–H groups in total. The summed E-state index contributed by atoms with van der Waals surface area (Å²) in [4.78, 5) is 15.1. The second kappa shape index (κ2) is 12.8. The van der Waals surface area contributed by atoms with E-state index in [-0.39, 0.29) is 12.0 Å². The summed E-state index contributed by atoms with van der Waals surface area (Å²) in [5, 5.41) is 11.4. The molecule has 6 nitrogen and oxygen atoms in total. The van der Waals surface area contributed by atoms with Crippen LogP contribution < -0.4 is 9.75 Å². The van der Waals surface area contributed by atoms with Crippen LogP contribution in [0.3, 0.4) is 0 Å². The van der Waals surface area contributed by atoms with Gasteiger partial charge in [-0.3, -0.25) is 4.79 Å². The summed E-state index contributed by atoms with van der Waals surface area (Å²) in [6.07, 6.45) is 4.00. The smallest absolute Gasteiger partial charge is 0.280 e. The van der Waals surface area contributed by atoms with Gasteiger partial charge in [-0.1, -0.05) is 54.1 Å². The number of rotatable bonds is 9. The minimum absolute atomic E-state index is 0.0774. The Morgan fingerprint density at radius 1 is 0.864 bits per heavy atom. The van der Waals surface area contributed by atoms with Crippen LogP contribution in [0.5, 0.6) is 5.75 Å². The Morgan fingerprint density at radius 3 is 2.20 bits per heavy atom. The number of hydrogen-bond acceptors (Lipinski definition) is 5. The van der Waals surface area contributed by atoms with Gasteiger partial charge in [0.25, 0.3) is 5.91 Å². The van der Waals surface area contributed by atoms with Crippen molar-refractivity contribution < 1.29 is 9.53 Å². The summed E-state index contributed by atoms with van der Waals surface area (Å²) < 4.78 is 7.86. The number of carbonyl (C=O) groups is 1. The Kier molecular flexibility index (Phi) is 8.48. The molecule has 0 saturated carbocycles. The monoisotopic (exact) mass is 598 g/mol. The van der Waals surface area contributed by atoms with Crippen molar-refractivity contribution in [3.8, 4) is 22.7 Å². The molecule has 1 aliphatic rings. The molecule has 0 unspecified atom stereocenters. The number of hydrazone groups is 1. The minimum Gasteiger partial charge on any atom is -0.491 e. The molecule has 5 aromatic rings. The molecule has 0 fully saturated rings. The van der Waals surface area contributed by atoms with Crippen LogP contribution >= 0.6 is 11.8 Å². The van der Waals surface area contributed by atoms with Crippen LogP contribution in [0, 0.1) is 13.8 Å². The highest BCUT2D eigenvalue weighted by molar-refractivity contribution is 8.00. The standard InChI is InChI=1S/C37H34N4O2S/c1-25(2)43-35-20-17-28(21-27(35)4)36-29(23-40(39-36)30-11-7-5-8-12-30)22-33-34(24-44-32-18-15-26(3)16-19-32)38-41(37(33)42)31-13-9-6-10-14-31/h5-23,25H,24H2,1-4H3/b33-22-. The van der Waals surface area contributed by atoms with Crippen LogP contribution in [0.15, 0.2) is 125 Å². The number of hydrogen-bond donors (Lipinski definition) is 0. The Morgan fingerprint density at radius 2 is 1.55 bits per heavy atom. The Hall–Kier alpha value is -4.88. The fourth-order valence-corrected chi connectivity index (χ4v) is 5.85. The van der Waals surface area contributed by atoms with Gasteiger partial charge >= 0.3 is 0 Å². The van der Waals surface area contributed by atoms with Crippen molar-refractivity contribution in [3.63, 3.8) is 0 Å². The summed E-state index contributed by atoms with van der Waals surface area (Å²) in [7, 11) is 0. The largest absolute Gasteiger partial charge is 0.491 e. The molecule has 0 spiro atoms. The van der Waals surface area contributed by atoms with E-state index in [1.807, 2.05) is 111 Å². The predicted octanol–water partition coefficient (Wildman–Crippen LogP) is 8.52. The fourth-order valence-electron chi connectivity index (χ4n) is 5.01. The molecule has 4 aromatic carbocycles. The molecule has 0 atom stereocenters. The lowest BCUT2D eigenvalue weighted by Crippen LogP contribution is -2.21. The third-order valence-electron chi connectivity index (χ3n) is 7.23. The van der Waals surface area contributed by atoms with Crippen molar-refractivity contribution in [2.24, 2.45) is 5.10 Å². The van der Waals surface area contributed by atoms with Crippen LogP contribution in [0.2, 0.25) is 0 Å². The summed E-state index contributed by atoms with van der Waals surface area (Å²) >= 11 is 1.67. The molecule has 1 aliphatic heterocycles. The molecule has 1 aromatic heterocycles. The SMILES string of the molecule is Cc1ccc(SCC2=NN(c3ccccc3)C(=O)/C2=C\c2cn(-c3ccccc3)nc2-c2ccc(OC(C)C)c(C)c2)cc1. The topological polar surface area (TPSA) is 59.7 Å². The highest BCUT2D eigenvalue weighted by atomic mass is 32.2. The normalized spacial score (nSPS) is 14.0. The molecule has 0 aliphatic carbocycles. The number of benzene rings is 4. The molecule has 7 heteroatoms. The van der Waals surface area contributed by atoms with E-state index in [1.165, 1.54) is 10.6 Å². The molecule has 0 saturated heterocycles. The van der Waals surface area contributed by atoms with Gasteiger partial charge in [0.2, 0.25) is 0 Å². The number of anilines is 1. The fraction of sp³-hybridized carbons (Fsp3) is 0.162. The highest BCUT2D eigenvalue weighted by Gasteiger charge is 2.31. The Labute approximate surface area is 262 Å². The second-order valence-corrected chi connectivity index (χ2v) is 12.1. The maximum absolute atomic E-state index is 14.0. The maximum atomic E-state index is 14.0. The summed E-state index contributed by atoms with van der Waals surface area (Å²) in [5.41, 5.74) is 7.72. The van der Waals surface area contributed by atoms with Crippen molar-refractivity contribution >= 4 is 35.1 Å². The molecule has 220 valence electrons. The molecule has 44 heavy (non-hydrogen) atoms. The van der Waals surface area contributed by atoms with Gasteiger partial charge < -0.3 is 4.74 Å². The van der Waals surface area contributed by atoms with E-state index in [2.05, 4.69) is 37.3 Å². The zero-order valence-electron chi connectivity index (χ0n) is 25.3. The number of ether oxygens (including phenoxy) is 1. The first-order chi connectivity index (χ1) is 21.4.